The number of hydrogen-bond acceptors (Lipinski definition) is 5. The van der Waals surface area contributed by atoms with E-state index in [4.69, 9.17) is 0 Å². The first kappa shape index (κ1) is 15.8. The zero-order valence-electron chi connectivity index (χ0n) is 10.5. The van der Waals surface area contributed by atoms with Gasteiger partial charge in [0.25, 0.3) is 5.69 Å². The summed E-state index contributed by atoms with van der Waals surface area (Å²) in [4.78, 5) is 30.3. The van der Waals surface area contributed by atoms with Gasteiger partial charge in [0, 0.05) is 24.6 Å². The number of hydrogen-bond donors (Lipinski definition) is 0. The third-order valence-corrected chi connectivity index (χ3v) is 1.83. The maximum absolute atomic E-state index is 10.8. The Kier molecular flexibility index (Phi) is 6.95. The number of esters is 1. The van der Waals surface area contributed by atoms with Gasteiger partial charge in [0.15, 0.2) is 5.78 Å². The van der Waals surface area contributed by atoms with E-state index in [9.17, 15) is 19.7 Å². The van der Waals surface area contributed by atoms with Crippen LogP contribution in [0.4, 0.5) is 5.69 Å². The molecule has 0 fully saturated rings. The smallest absolute Gasteiger partial charge is 0.302 e. The number of ketones is 1. The number of nitro benzene ring substituents is 1. The molecule has 0 aliphatic carbocycles. The first-order valence-corrected chi connectivity index (χ1v) is 5.27. The monoisotopic (exact) mass is 253 g/mol. The van der Waals surface area contributed by atoms with Crippen LogP contribution in [0, 0.1) is 10.1 Å². The van der Waals surface area contributed by atoms with E-state index in [-0.39, 0.29) is 17.4 Å². The minimum absolute atomic E-state index is 0.000000000000000222. The summed E-state index contributed by atoms with van der Waals surface area (Å²) in [7, 11) is 0. The molecule has 0 atom stereocenters. The van der Waals surface area contributed by atoms with Gasteiger partial charge in [0.2, 0.25) is 0 Å². The van der Waals surface area contributed by atoms with Crippen molar-refractivity contribution in [1.29, 1.82) is 0 Å². The minimum atomic E-state index is -0.496. The van der Waals surface area contributed by atoms with Crippen molar-refractivity contribution in [2.24, 2.45) is 0 Å². The number of rotatable bonds is 3. The van der Waals surface area contributed by atoms with E-state index in [1.807, 2.05) is 0 Å². The molecule has 0 saturated heterocycles. The Morgan fingerprint density at radius 3 is 1.94 bits per heavy atom. The van der Waals surface area contributed by atoms with Crippen molar-refractivity contribution >= 4 is 17.4 Å². The molecule has 0 N–H and O–H groups in total. The second kappa shape index (κ2) is 7.94. The van der Waals surface area contributed by atoms with Crippen LogP contribution < -0.4 is 0 Å². The third-order valence-electron chi connectivity index (χ3n) is 1.83. The van der Waals surface area contributed by atoms with E-state index in [0.29, 0.717) is 12.2 Å². The number of Topliss-reactive ketones (excluding diaryl/α,β-unsaturated/α-hetero) is 1. The molecule has 0 aliphatic rings. The molecular weight excluding hydrogens is 238 g/mol. The van der Waals surface area contributed by atoms with Gasteiger partial charge in [-0.3, -0.25) is 19.7 Å². The maximum atomic E-state index is 10.8. The van der Waals surface area contributed by atoms with Gasteiger partial charge in [0.1, 0.15) is 0 Å². The number of nitrogens with zero attached hydrogens (tertiary/aromatic N) is 1. The number of carbonyl (C=O) groups excluding carboxylic acids is 2. The molecule has 0 saturated carbocycles. The molecule has 0 unspecified atom stereocenters. The normalized spacial score (nSPS) is 8.83. The van der Waals surface area contributed by atoms with Crippen LogP contribution in [0.15, 0.2) is 24.3 Å². The van der Waals surface area contributed by atoms with Crippen LogP contribution in [0.3, 0.4) is 0 Å². The minimum Gasteiger partial charge on any atom is -0.466 e. The maximum Gasteiger partial charge on any atom is 0.302 e. The molecule has 0 aromatic heterocycles. The number of benzene rings is 1. The lowest BCUT2D eigenvalue weighted by atomic mass is 10.1. The van der Waals surface area contributed by atoms with E-state index < -0.39 is 4.92 Å². The quantitative estimate of drug-likeness (QED) is 0.357. The summed E-state index contributed by atoms with van der Waals surface area (Å²) in [5.41, 5.74) is 0.487. The van der Waals surface area contributed by atoms with Crippen LogP contribution >= 0.6 is 0 Å². The van der Waals surface area contributed by atoms with Gasteiger partial charge in [-0.2, -0.15) is 0 Å². The summed E-state index contributed by atoms with van der Waals surface area (Å²) in [5, 5.41) is 10.2. The largest absolute Gasteiger partial charge is 0.466 e. The zero-order valence-corrected chi connectivity index (χ0v) is 10.5. The van der Waals surface area contributed by atoms with Crippen LogP contribution in [0.25, 0.3) is 0 Å². The number of non-ortho nitro benzene ring substituents is 1. The molecule has 1 rings (SSSR count). The Balaban J connectivity index is 0.000000411. The highest BCUT2D eigenvalue weighted by molar-refractivity contribution is 5.94. The van der Waals surface area contributed by atoms with Gasteiger partial charge in [-0.25, -0.2) is 0 Å². The highest BCUT2D eigenvalue weighted by atomic mass is 16.6. The van der Waals surface area contributed by atoms with Gasteiger partial charge in [0.05, 0.1) is 11.5 Å². The summed E-state index contributed by atoms with van der Waals surface area (Å²) < 4.78 is 4.40. The molecule has 0 amide bonds. The van der Waals surface area contributed by atoms with Crippen LogP contribution in [-0.2, 0) is 9.53 Å². The van der Waals surface area contributed by atoms with Crippen molar-refractivity contribution in [2.45, 2.75) is 20.8 Å². The summed E-state index contributed by atoms with van der Waals surface area (Å²) in [5.74, 6) is -0.303. The first-order chi connectivity index (χ1) is 8.38. The predicted molar refractivity (Wildman–Crippen MR) is 65.4 cm³/mol. The van der Waals surface area contributed by atoms with E-state index in [1.165, 1.54) is 38.1 Å². The summed E-state index contributed by atoms with van der Waals surface area (Å²) in [6.45, 7) is 5.07. The van der Waals surface area contributed by atoms with Crippen LogP contribution in [0.1, 0.15) is 31.1 Å². The van der Waals surface area contributed by atoms with E-state index in [1.54, 1.807) is 6.92 Å². The van der Waals surface area contributed by atoms with Gasteiger partial charge in [-0.05, 0) is 26.0 Å². The van der Waals surface area contributed by atoms with Crippen molar-refractivity contribution in [1.82, 2.24) is 0 Å². The lowest BCUT2D eigenvalue weighted by Gasteiger charge is -1.93. The standard InChI is InChI=1S/C8H7NO3.C4H8O2/c1-6(10)7-2-4-8(5-3-7)9(11)12;1-3-6-4(2)5/h2-5H,1H3;3H2,1-2H3. The molecule has 1 aromatic carbocycles. The second-order valence-corrected chi connectivity index (χ2v) is 3.28. The van der Waals surface area contributed by atoms with Gasteiger partial charge < -0.3 is 4.74 Å². The van der Waals surface area contributed by atoms with Crippen LogP contribution in [0.2, 0.25) is 0 Å². The molecule has 1 aromatic rings. The fraction of sp³-hybridized carbons (Fsp3) is 0.333. The molecule has 0 spiro atoms. The topological polar surface area (TPSA) is 86.5 Å². The lowest BCUT2D eigenvalue weighted by Crippen LogP contribution is -1.95. The molecular formula is C12H15NO5. The molecule has 6 heteroatoms. The highest BCUT2D eigenvalue weighted by Gasteiger charge is 2.05. The van der Waals surface area contributed by atoms with E-state index in [2.05, 4.69) is 4.74 Å². The lowest BCUT2D eigenvalue weighted by molar-refractivity contribution is -0.384. The van der Waals surface area contributed by atoms with Crippen molar-refractivity contribution in [3.8, 4) is 0 Å². The zero-order chi connectivity index (χ0) is 14.1. The average molecular weight is 253 g/mol. The number of nitro groups is 1. The van der Waals surface area contributed by atoms with Crippen molar-refractivity contribution in [3.05, 3.63) is 39.9 Å². The molecule has 98 valence electrons. The van der Waals surface area contributed by atoms with Crippen molar-refractivity contribution < 1.29 is 19.2 Å². The fourth-order valence-electron chi connectivity index (χ4n) is 1.02. The molecule has 0 radical (unpaired) electrons. The Morgan fingerprint density at radius 1 is 1.22 bits per heavy atom. The summed E-state index contributed by atoms with van der Waals surface area (Å²) in [6, 6.07) is 5.52. The summed E-state index contributed by atoms with van der Waals surface area (Å²) >= 11 is 0. The van der Waals surface area contributed by atoms with Gasteiger partial charge in [-0.1, -0.05) is 0 Å². The Morgan fingerprint density at radius 2 is 1.72 bits per heavy atom. The fourth-order valence-corrected chi connectivity index (χ4v) is 1.02. The van der Waals surface area contributed by atoms with E-state index in [0.717, 1.165) is 0 Å². The summed E-state index contributed by atoms with van der Waals surface area (Å²) in [6.07, 6.45) is 0. The molecule has 0 bridgehead atoms. The Hall–Kier alpha value is -2.24. The third kappa shape index (κ3) is 6.37. The molecule has 0 aliphatic heterocycles. The van der Waals surface area contributed by atoms with Gasteiger partial charge >= 0.3 is 5.97 Å². The predicted octanol–water partition coefficient (Wildman–Crippen LogP) is 2.37. The molecule has 18 heavy (non-hydrogen) atoms. The average Bonchev–Trinajstić information content (AvgIpc) is 2.29. The van der Waals surface area contributed by atoms with Gasteiger partial charge in [-0.15, -0.1) is 0 Å². The van der Waals surface area contributed by atoms with Crippen LogP contribution in [-0.4, -0.2) is 23.3 Å². The molecule has 6 nitrogen and oxygen atoms in total. The first-order valence-electron chi connectivity index (χ1n) is 5.27. The Labute approximate surface area is 105 Å². The SMILES string of the molecule is CC(=O)c1ccc([N+](=O)[O-])cc1.CCOC(C)=O. The van der Waals surface area contributed by atoms with E-state index >= 15 is 0 Å². The number of carbonyl (C=O) groups is 2. The molecule has 0 heterocycles. The van der Waals surface area contributed by atoms with Crippen molar-refractivity contribution in [2.75, 3.05) is 6.61 Å². The Bertz CT molecular complexity index is 392. The van der Waals surface area contributed by atoms with Crippen LogP contribution in [0.5, 0.6) is 0 Å². The second-order valence-electron chi connectivity index (χ2n) is 3.28. The van der Waals surface area contributed by atoms with Crippen molar-refractivity contribution in [3.63, 3.8) is 0 Å². The number of ether oxygens (including phenoxy) is 1. The highest BCUT2D eigenvalue weighted by Crippen LogP contribution is 2.11.